The van der Waals surface area contributed by atoms with Gasteiger partial charge in [0.2, 0.25) is 0 Å². The highest BCUT2D eigenvalue weighted by Crippen LogP contribution is 2.30. The van der Waals surface area contributed by atoms with Crippen LogP contribution in [-0.2, 0) is 5.88 Å². The van der Waals surface area contributed by atoms with E-state index in [9.17, 15) is 0 Å². The highest BCUT2D eigenvalue weighted by atomic mass is 35.5. The fraction of sp³-hybridized carbons (Fsp3) is 0.250. The molecule has 2 rings (SSSR count). The molecule has 0 saturated heterocycles. The van der Waals surface area contributed by atoms with Crippen molar-refractivity contribution in [2.75, 3.05) is 0 Å². The van der Waals surface area contributed by atoms with Crippen molar-refractivity contribution in [1.29, 1.82) is 0 Å². The van der Waals surface area contributed by atoms with Gasteiger partial charge in [-0.2, -0.15) is 0 Å². The van der Waals surface area contributed by atoms with Gasteiger partial charge in [0.05, 0.1) is 10.8 Å². The van der Waals surface area contributed by atoms with Gasteiger partial charge in [-0.1, -0.05) is 11.3 Å². The van der Waals surface area contributed by atoms with Crippen molar-refractivity contribution in [3.05, 3.63) is 22.0 Å². The van der Waals surface area contributed by atoms with Crippen molar-refractivity contribution in [2.24, 2.45) is 0 Å². The Hall–Kier alpha value is -0.450. The van der Waals surface area contributed by atoms with Gasteiger partial charge in [0.1, 0.15) is 5.01 Å². The number of rotatable bonds is 2. The summed E-state index contributed by atoms with van der Waals surface area (Å²) in [5.41, 5.74) is 0. The average Bonchev–Trinajstić information content (AvgIpc) is 2.71. The molecular formula is C8H7ClN2S2. The molecular weight excluding hydrogens is 224 g/mol. The smallest absolute Gasteiger partial charge is 0.142 e. The largest absolute Gasteiger partial charge is 0.157 e. The van der Waals surface area contributed by atoms with E-state index in [4.69, 9.17) is 11.6 Å². The predicted octanol–water partition coefficient (Wildman–Crippen LogP) is 3.31. The Bertz CT molecular complexity index is 408. The molecule has 2 aromatic rings. The molecule has 0 atom stereocenters. The second-order valence-electron chi connectivity index (χ2n) is 2.54. The molecule has 0 aliphatic carbocycles. The van der Waals surface area contributed by atoms with Gasteiger partial charge in [-0.05, 0) is 19.1 Å². The number of alkyl halides is 1. The number of nitrogens with zero attached hydrogens (tertiary/aromatic N) is 2. The molecule has 0 aliphatic heterocycles. The van der Waals surface area contributed by atoms with E-state index in [1.165, 1.54) is 9.75 Å². The molecule has 2 heterocycles. The van der Waals surface area contributed by atoms with E-state index < -0.39 is 0 Å². The summed E-state index contributed by atoms with van der Waals surface area (Å²) in [7, 11) is 0. The van der Waals surface area contributed by atoms with E-state index in [-0.39, 0.29) is 0 Å². The number of aryl methyl sites for hydroxylation is 1. The first kappa shape index (κ1) is 9.12. The SMILES string of the molecule is Cc1ccc(-c2nnc(CCl)s2)s1. The van der Waals surface area contributed by atoms with Crippen molar-refractivity contribution in [3.8, 4) is 9.88 Å². The van der Waals surface area contributed by atoms with Gasteiger partial charge < -0.3 is 0 Å². The Kier molecular flexibility index (Phi) is 2.62. The standard InChI is InChI=1S/C8H7ClN2S2/c1-5-2-3-6(12-5)8-11-10-7(4-9)13-8/h2-3H,4H2,1H3. The minimum atomic E-state index is 0.446. The molecule has 0 aliphatic rings. The molecule has 0 saturated carbocycles. The zero-order valence-corrected chi connectivity index (χ0v) is 9.34. The normalized spacial score (nSPS) is 10.6. The fourth-order valence-corrected chi connectivity index (χ4v) is 2.78. The number of thiophene rings is 1. The van der Waals surface area contributed by atoms with Crippen LogP contribution in [0.4, 0.5) is 0 Å². The van der Waals surface area contributed by atoms with Crippen molar-refractivity contribution >= 4 is 34.3 Å². The maximum atomic E-state index is 5.64. The summed E-state index contributed by atoms with van der Waals surface area (Å²) in [6, 6.07) is 4.15. The van der Waals surface area contributed by atoms with Crippen LogP contribution in [0, 0.1) is 6.92 Å². The minimum Gasteiger partial charge on any atom is -0.142 e. The van der Waals surface area contributed by atoms with E-state index in [1.54, 1.807) is 22.7 Å². The quantitative estimate of drug-likeness (QED) is 0.740. The maximum absolute atomic E-state index is 5.64. The molecule has 0 spiro atoms. The lowest BCUT2D eigenvalue weighted by atomic mass is 10.4. The summed E-state index contributed by atoms with van der Waals surface area (Å²) in [5, 5.41) is 9.87. The molecule has 0 N–H and O–H groups in total. The molecule has 5 heteroatoms. The third-order valence-corrected chi connectivity index (χ3v) is 4.04. The third-order valence-electron chi connectivity index (χ3n) is 1.53. The number of hydrogen-bond donors (Lipinski definition) is 0. The van der Waals surface area contributed by atoms with E-state index in [2.05, 4.69) is 29.3 Å². The molecule has 0 radical (unpaired) electrons. The minimum absolute atomic E-state index is 0.446. The van der Waals surface area contributed by atoms with Crippen molar-refractivity contribution in [3.63, 3.8) is 0 Å². The van der Waals surface area contributed by atoms with Crippen LogP contribution in [0.25, 0.3) is 9.88 Å². The molecule has 2 nitrogen and oxygen atoms in total. The monoisotopic (exact) mass is 230 g/mol. The number of hydrogen-bond acceptors (Lipinski definition) is 4. The van der Waals surface area contributed by atoms with Crippen LogP contribution in [0.2, 0.25) is 0 Å². The number of halogens is 1. The van der Waals surface area contributed by atoms with Crippen LogP contribution in [0.5, 0.6) is 0 Å². The Morgan fingerprint density at radius 1 is 1.31 bits per heavy atom. The summed E-state index contributed by atoms with van der Waals surface area (Å²) >= 11 is 8.93. The van der Waals surface area contributed by atoms with Crippen LogP contribution in [0.1, 0.15) is 9.88 Å². The van der Waals surface area contributed by atoms with Gasteiger partial charge in [-0.3, -0.25) is 0 Å². The summed E-state index contributed by atoms with van der Waals surface area (Å²) in [6.07, 6.45) is 0. The van der Waals surface area contributed by atoms with E-state index in [0.717, 1.165) is 10.0 Å². The van der Waals surface area contributed by atoms with Gasteiger partial charge in [-0.15, -0.1) is 33.1 Å². The lowest BCUT2D eigenvalue weighted by Crippen LogP contribution is -1.73. The van der Waals surface area contributed by atoms with E-state index in [0.29, 0.717) is 5.88 Å². The average molecular weight is 231 g/mol. The fourth-order valence-electron chi connectivity index (χ4n) is 0.957. The van der Waals surface area contributed by atoms with Gasteiger partial charge in [0, 0.05) is 4.88 Å². The molecule has 13 heavy (non-hydrogen) atoms. The molecule has 68 valence electrons. The van der Waals surface area contributed by atoms with Gasteiger partial charge in [0.15, 0.2) is 5.01 Å². The number of aromatic nitrogens is 2. The van der Waals surface area contributed by atoms with Crippen molar-refractivity contribution < 1.29 is 0 Å². The highest BCUT2D eigenvalue weighted by Gasteiger charge is 2.07. The first-order valence-electron chi connectivity index (χ1n) is 3.75. The molecule has 0 fully saturated rings. The second-order valence-corrected chi connectivity index (χ2v) is 5.16. The van der Waals surface area contributed by atoms with Crippen molar-refractivity contribution in [1.82, 2.24) is 10.2 Å². The Labute approximate surface area is 89.2 Å². The molecule has 0 aromatic carbocycles. The molecule has 0 unspecified atom stereocenters. The molecule has 2 aromatic heterocycles. The van der Waals surface area contributed by atoms with Crippen LogP contribution >= 0.6 is 34.3 Å². The predicted molar refractivity (Wildman–Crippen MR) is 57.5 cm³/mol. The Morgan fingerprint density at radius 2 is 2.15 bits per heavy atom. The van der Waals surface area contributed by atoms with E-state index >= 15 is 0 Å². The van der Waals surface area contributed by atoms with Crippen LogP contribution in [0.15, 0.2) is 12.1 Å². The van der Waals surface area contributed by atoms with Gasteiger partial charge in [0.25, 0.3) is 0 Å². The lowest BCUT2D eigenvalue weighted by Gasteiger charge is -1.83. The molecule has 0 bridgehead atoms. The highest BCUT2D eigenvalue weighted by molar-refractivity contribution is 7.21. The van der Waals surface area contributed by atoms with Crippen LogP contribution in [-0.4, -0.2) is 10.2 Å². The first-order valence-corrected chi connectivity index (χ1v) is 5.91. The van der Waals surface area contributed by atoms with Crippen LogP contribution < -0.4 is 0 Å². The van der Waals surface area contributed by atoms with Gasteiger partial charge in [-0.25, -0.2) is 0 Å². The van der Waals surface area contributed by atoms with Crippen LogP contribution in [0.3, 0.4) is 0 Å². The third kappa shape index (κ3) is 1.90. The lowest BCUT2D eigenvalue weighted by molar-refractivity contribution is 1.04. The summed E-state index contributed by atoms with van der Waals surface area (Å²) in [5.74, 6) is 0.446. The summed E-state index contributed by atoms with van der Waals surface area (Å²) in [6.45, 7) is 2.08. The van der Waals surface area contributed by atoms with Gasteiger partial charge >= 0.3 is 0 Å². The Balaban J connectivity index is 2.35. The van der Waals surface area contributed by atoms with Crippen molar-refractivity contribution in [2.45, 2.75) is 12.8 Å². The zero-order chi connectivity index (χ0) is 9.26. The second kappa shape index (κ2) is 3.74. The molecule has 0 amide bonds. The maximum Gasteiger partial charge on any atom is 0.157 e. The zero-order valence-electron chi connectivity index (χ0n) is 6.95. The topological polar surface area (TPSA) is 25.8 Å². The first-order chi connectivity index (χ1) is 6.29. The summed E-state index contributed by atoms with van der Waals surface area (Å²) < 4.78 is 0. The van der Waals surface area contributed by atoms with E-state index in [1.807, 2.05) is 0 Å². The summed E-state index contributed by atoms with van der Waals surface area (Å²) in [4.78, 5) is 2.46. The Morgan fingerprint density at radius 3 is 2.69 bits per heavy atom.